The topological polar surface area (TPSA) is 46.5 Å². The van der Waals surface area contributed by atoms with Crippen molar-refractivity contribution in [1.82, 2.24) is 0 Å². The van der Waals surface area contributed by atoms with Gasteiger partial charge in [0.15, 0.2) is 0 Å². The van der Waals surface area contributed by atoms with Crippen molar-refractivity contribution in [2.45, 2.75) is 46.1 Å². The quantitative estimate of drug-likeness (QED) is 0.696. The molecule has 0 aromatic carbocycles. The number of ether oxygens (including phenoxy) is 1. The fourth-order valence-corrected chi connectivity index (χ4v) is 0.941. The Kier molecular flexibility index (Phi) is 5.13. The maximum absolute atomic E-state index is 10.3. The minimum absolute atomic E-state index is 0.00463. The Bertz CT molecular complexity index is 181. The first-order valence-corrected chi connectivity index (χ1v) is 5.13. The van der Waals surface area contributed by atoms with Crippen LogP contribution in [0, 0.1) is 11.8 Å². The SMILES string of the molecule is CC(C)C1(O)CC1.COC(=O)C(C)C. The molecule has 84 valence electrons. The van der Waals surface area contributed by atoms with Crippen LogP contribution in [0.15, 0.2) is 0 Å². The molecule has 0 aromatic heterocycles. The van der Waals surface area contributed by atoms with Gasteiger partial charge in [0.05, 0.1) is 18.6 Å². The third-order valence-corrected chi connectivity index (χ3v) is 2.51. The van der Waals surface area contributed by atoms with Gasteiger partial charge in [0.1, 0.15) is 0 Å². The van der Waals surface area contributed by atoms with E-state index in [0.717, 1.165) is 12.8 Å². The number of hydrogen-bond donors (Lipinski definition) is 1. The van der Waals surface area contributed by atoms with E-state index >= 15 is 0 Å². The molecule has 0 bridgehead atoms. The highest BCUT2D eigenvalue weighted by Crippen LogP contribution is 2.41. The minimum atomic E-state index is -0.250. The standard InChI is InChI=1S/C6H12O.C5H10O2/c1-5(2)6(7)3-4-6;1-4(2)5(6)7-3/h5,7H,3-4H2,1-2H3;4H,1-3H3. The van der Waals surface area contributed by atoms with E-state index < -0.39 is 0 Å². The summed E-state index contributed by atoms with van der Waals surface area (Å²) < 4.78 is 4.37. The molecule has 0 atom stereocenters. The van der Waals surface area contributed by atoms with Crippen molar-refractivity contribution < 1.29 is 14.6 Å². The van der Waals surface area contributed by atoms with Gasteiger partial charge in [-0.15, -0.1) is 0 Å². The Labute approximate surface area is 86.5 Å². The molecular weight excluding hydrogens is 180 g/mol. The van der Waals surface area contributed by atoms with Crippen LogP contribution in [0.3, 0.4) is 0 Å². The summed E-state index contributed by atoms with van der Waals surface area (Å²) >= 11 is 0. The molecule has 0 amide bonds. The van der Waals surface area contributed by atoms with Gasteiger partial charge >= 0.3 is 5.97 Å². The van der Waals surface area contributed by atoms with Gasteiger partial charge in [-0.05, 0) is 18.8 Å². The molecule has 0 aromatic rings. The van der Waals surface area contributed by atoms with Crippen molar-refractivity contribution in [2.75, 3.05) is 7.11 Å². The third kappa shape index (κ3) is 4.61. The van der Waals surface area contributed by atoms with Crippen LogP contribution in [0.2, 0.25) is 0 Å². The lowest BCUT2D eigenvalue weighted by Gasteiger charge is -2.09. The predicted molar refractivity (Wildman–Crippen MR) is 55.9 cm³/mol. The highest BCUT2D eigenvalue weighted by molar-refractivity contribution is 5.71. The van der Waals surface area contributed by atoms with E-state index in [1.54, 1.807) is 13.8 Å². The number of rotatable bonds is 2. The Balaban J connectivity index is 0.000000241. The predicted octanol–water partition coefficient (Wildman–Crippen LogP) is 1.98. The molecule has 1 rings (SSSR count). The molecule has 1 aliphatic rings. The molecule has 1 aliphatic carbocycles. The number of esters is 1. The second kappa shape index (κ2) is 5.35. The lowest BCUT2D eigenvalue weighted by Crippen LogP contribution is -2.14. The first-order chi connectivity index (χ1) is 6.33. The number of carbonyl (C=O) groups excluding carboxylic acids is 1. The second-order valence-electron chi connectivity index (χ2n) is 4.44. The van der Waals surface area contributed by atoms with Crippen LogP contribution in [0.25, 0.3) is 0 Å². The summed E-state index contributed by atoms with van der Waals surface area (Å²) in [6, 6.07) is 0. The largest absolute Gasteiger partial charge is 0.469 e. The van der Waals surface area contributed by atoms with Crippen LogP contribution in [0.4, 0.5) is 0 Å². The normalized spacial score (nSPS) is 17.4. The molecule has 1 saturated carbocycles. The Morgan fingerprint density at radius 3 is 1.71 bits per heavy atom. The van der Waals surface area contributed by atoms with Crippen LogP contribution in [-0.4, -0.2) is 23.8 Å². The number of hydrogen-bond acceptors (Lipinski definition) is 3. The fourth-order valence-electron chi connectivity index (χ4n) is 0.941. The number of aliphatic hydroxyl groups is 1. The Morgan fingerprint density at radius 1 is 1.29 bits per heavy atom. The summed E-state index contributed by atoms with van der Waals surface area (Å²) in [4.78, 5) is 10.3. The highest BCUT2D eigenvalue weighted by Gasteiger charge is 2.42. The van der Waals surface area contributed by atoms with E-state index in [0.29, 0.717) is 5.92 Å². The lowest BCUT2D eigenvalue weighted by atomic mass is 10.1. The smallest absolute Gasteiger partial charge is 0.308 e. The zero-order valence-corrected chi connectivity index (χ0v) is 9.83. The van der Waals surface area contributed by atoms with Crippen LogP contribution < -0.4 is 0 Å². The van der Waals surface area contributed by atoms with E-state index in [-0.39, 0.29) is 17.5 Å². The van der Waals surface area contributed by atoms with Gasteiger partial charge in [0, 0.05) is 0 Å². The summed E-state index contributed by atoms with van der Waals surface area (Å²) in [5, 5.41) is 9.21. The van der Waals surface area contributed by atoms with Gasteiger partial charge in [0.25, 0.3) is 0 Å². The molecule has 1 N–H and O–H groups in total. The van der Waals surface area contributed by atoms with Crippen molar-refractivity contribution in [2.24, 2.45) is 11.8 Å². The summed E-state index contributed by atoms with van der Waals surface area (Å²) in [5.74, 6) is 0.317. The maximum atomic E-state index is 10.3. The average molecular weight is 202 g/mol. The van der Waals surface area contributed by atoms with Gasteiger partial charge < -0.3 is 9.84 Å². The second-order valence-corrected chi connectivity index (χ2v) is 4.44. The molecule has 1 fully saturated rings. The van der Waals surface area contributed by atoms with Gasteiger partial charge in [0.2, 0.25) is 0 Å². The van der Waals surface area contributed by atoms with Crippen molar-refractivity contribution in [3.63, 3.8) is 0 Å². The van der Waals surface area contributed by atoms with Crippen LogP contribution in [0.5, 0.6) is 0 Å². The molecule has 0 heterocycles. The molecule has 0 aliphatic heterocycles. The highest BCUT2D eigenvalue weighted by atomic mass is 16.5. The van der Waals surface area contributed by atoms with Crippen LogP contribution in [0.1, 0.15) is 40.5 Å². The Hall–Kier alpha value is -0.570. The molecular formula is C11H22O3. The molecule has 0 radical (unpaired) electrons. The molecule has 3 nitrogen and oxygen atoms in total. The maximum Gasteiger partial charge on any atom is 0.308 e. The first-order valence-electron chi connectivity index (χ1n) is 5.13. The summed E-state index contributed by atoms with van der Waals surface area (Å²) in [6.45, 7) is 7.72. The zero-order valence-electron chi connectivity index (χ0n) is 9.83. The van der Waals surface area contributed by atoms with Gasteiger partial charge in [-0.1, -0.05) is 27.7 Å². The summed E-state index contributed by atoms with van der Waals surface area (Å²) in [7, 11) is 1.39. The van der Waals surface area contributed by atoms with Crippen molar-refractivity contribution in [3.8, 4) is 0 Å². The van der Waals surface area contributed by atoms with E-state index in [1.165, 1.54) is 7.11 Å². The van der Waals surface area contributed by atoms with E-state index in [1.807, 2.05) is 0 Å². The molecule has 0 spiro atoms. The lowest BCUT2D eigenvalue weighted by molar-refractivity contribution is -0.144. The van der Waals surface area contributed by atoms with E-state index in [2.05, 4.69) is 18.6 Å². The van der Waals surface area contributed by atoms with Gasteiger partial charge in [-0.2, -0.15) is 0 Å². The third-order valence-electron chi connectivity index (χ3n) is 2.51. The monoisotopic (exact) mass is 202 g/mol. The summed E-state index contributed by atoms with van der Waals surface area (Å²) in [5.41, 5.74) is -0.250. The van der Waals surface area contributed by atoms with Crippen molar-refractivity contribution in [3.05, 3.63) is 0 Å². The van der Waals surface area contributed by atoms with Crippen molar-refractivity contribution in [1.29, 1.82) is 0 Å². The van der Waals surface area contributed by atoms with E-state index in [9.17, 15) is 9.90 Å². The average Bonchev–Trinajstić information content (AvgIpc) is 2.84. The summed E-state index contributed by atoms with van der Waals surface area (Å²) in [6.07, 6.45) is 2.04. The first kappa shape index (κ1) is 13.4. The molecule has 14 heavy (non-hydrogen) atoms. The molecule has 3 heteroatoms. The number of carbonyl (C=O) groups is 1. The number of methoxy groups -OCH3 is 1. The Morgan fingerprint density at radius 2 is 1.71 bits per heavy atom. The van der Waals surface area contributed by atoms with E-state index in [4.69, 9.17) is 0 Å². The van der Waals surface area contributed by atoms with Crippen molar-refractivity contribution >= 4 is 5.97 Å². The zero-order chi connectivity index (χ0) is 11.4. The minimum Gasteiger partial charge on any atom is -0.469 e. The van der Waals surface area contributed by atoms with Crippen LogP contribution in [-0.2, 0) is 9.53 Å². The fraction of sp³-hybridized carbons (Fsp3) is 0.909. The van der Waals surface area contributed by atoms with Gasteiger partial charge in [-0.25, -0.2) is 0 Å². The molecule has 0 unspecified atom stereocenters. The van der Waals surface area contributed by atoms with Gasteiger partial charge in [-0.3, -0.25) is 4.79 Å². The molecule has 0 saturated heterocycles. The van der Waals surface area contributed by atoms with Crippen LogP contribution >= 0.6 is 0 Å².